The minimum Gasteiger partial charge on any atom is -0.465 e. The molecule has 8 heteroatoms. The Bertz CT molecular complexity index is 1050. The molecule has 1 aromatic heterocycles. The highest BCUT2D eigenvalue weighted by Crippen LogP contribution is 2.54. The van der Waals surface area contributed by atoms with Gasteiger partial charge in [0, 0.05) is 34.8 Å². The second-order valence-corrected chi connectivity index (χ2v) is 11.3. The number of hydrogen-bond donors (Lipinski definition) is 3. The Hall–Kier alpha value is -1.58. The lowest BCUT2D eigenvalue weighted by molar-refractivity contribution is -0.450. The highest BCUT2D eigenvalue weighted by atomic mass is 16.8. The SMILES string of the molecule is CCC(O)[C@@H](C)[C@@H]1O[C@@]2(O[C@@](O)(C(C)c3oc(C)c(C)c(=O)c3C)[C@H](C)[C@H](O)[C@@H]2C)[C@H](C)C(=O)[C@H]1C. The van der Waals surface area contributed by atoms with Gasteiger partial charge in [0.1, 0.15) is 17.3 Å². The molecule has 1 spiro atoms. The lowest BCUT2D eigenvalue weighted by Crippen LogP contribution is -2.72. The first-order valence-corrected chi connectivity index (χ1v) is 13.2. The van der Waals surface area contributed by atoms with Crippen LogP contribution in [0, 0.1) is 50.4 Å². The summed E-state index contributed by atoms with van der Waals surface area (Å²) in [4.78, 5) is 26.3. The maximum Gasteiger partial charge on any atom is 0.191 e. The van der Waals surface area contributed by atoms with E-state index in [1.165, 1.54) is 0 Å². The van der Waals surface area contributed by atoms with Crippen LogP contribution in [0.25, 0.3) is 0 Å². The summed E-state index contributed by atoms with van der Waals surface area (Å²) in [6, 6.07) is 0. The lowest BCUT2D eigenvalue weighted by atomic mass is 9.67. The normalized spacial score (nSPS) is 39.8. The van der Waals surface area contributed by atoms with E-state index in [0.29, 0.717) is 23.3 Å². The van der Waals surface area contributed by atoms with Gasteiger partial charge in [-0.05, 0) is 27.2 Å². The third kappa shape index (κ3) is 4.19. The predicted octanol–water partition coefficient (Wildman–Crippen LogP) is 3.36. The largest absolute Gasteiger partial charge is 0.465 e. The molecule has 3 N–H and O–H groups in total. The summed E-state index contributed by atoms with van der Waals surface area (Å²) in [7, 11) is 0. The van der Waals surface area contributed by atoms with E-state index in [1.54, 1.807) is 55.4 Å². The summed E-state index contributed by atoms with van der Waals surface area (Å²) >= 11 is 0. The highest BCUT2D eigenvalue weighted by Gasteiger charge is 2.66. The molecular formula is C28H44O8. The number of Topliss-reactive ketones (excluding diaryl/α,β-unsaturated/α-hetero) is 1. The molecule has 8 nitrogen and oxygen atoms in total. The molecule has 36 heavy (non-hydrogen) atoms. The molecule has 0 bridgehead atoms. The number of carbonyl (C=O) groups excluding carboxylic acids is 1. The van der Waals surface area contributed by atoms with Gasteiger partial charge >= 0.3 is 0 Å². The van der Waals surface area contributed by atoms with Crippen molar-refractivity contribution in [2.45, 2.75) is 111 Å². The van der Waals surface area contributed by atoms with E-state index in [4.69, 9.17) is 13.9 Å². The summed E-state index contributed by atoms with van der Waals surface area (Å²) in [5, 5.41) is 34.1. The molecule has 0 saturated carbocycles. The summed E-state index contributed by atoms with van der Waals surface area (Å²) in [6.45, 7) is 17.3. The predicted molar refractivity (Wildman–Crippen MR) is 134 cm³/mol. The van der Waals surface area contributed by atoms with Crippen molar-refractivity contribution in [3.63, 3.8) is 0 Å². The molecular weight excluding hydrogens is 464 g/mol. The van der Waals surface area contributed by atoms with Crippen LogP contribution in [0.3, 0.4) is 0 Å². The van der Waals surface area contributed by atoms with Crippen LogP contribution in [0.2, 0.25) is 0 Å². The van der Waals surface area contributed by atoms with Gasteiger partial charge in [-0.15, -0.1) is 0 Å². The molecule has 3 heterocycles. The third-order valence-corrected chi connectivity index (χ3v) is 9.33. The van der Waals surface area contributed by atoms with Gasteiger partial charge in [-0.25, -0.2) is 0 Å². The van der Waals surface area contributed by atoms with Gasteiger partial charge in [0.2, 0.25) is 0 Å². The lowest BCUT2D eigenvalue weighted by Gasteiger charge is -2.60. The molecule has 2 saturated heterocycles. The molecule has 1 aromatic rings. The second-order valence-electron chi connectivity index (χ2n) is 11.3. The number of carbonyl (C=O) groups is 1. The maximum absolute atomic E-state index is 13.5. The first kappa shape index (κ1) is 29.0. The van der Waals surface area contributed by atoms with Gasteiger partial charge in [-0.2, -0.15) is 0 Å². The zero-order chi connectivity index (χ0) is 27.5. The molecule has 0 aromatic carbocycles. The van der Waals surface area contributed by atoms with E-state index < -0.39 is 59.5 Å². The monoisotopic (exact) mass is 508 g/mol. The molecule has 204 valence electrons. The van der Waals surface area contributed by atoms with Gasteiger partial charge in [-0.1, -0.05) is 48.5 Å². The molecule has 2 aliphatic heterocycles. The maximum atomic E-state index is 13.5. The first-order valence-electron chi connectivity index (χ1n) is 13.2. The topological polar surface area (TPSA) is 126 Å². The molecule has 0 amide bonds. The average molecular weight is 509 g/mol. The molecule has 0 radical (unpaired) electrons. The zero-order valence-electron chi connectivity index (χ0n) is 23.3. The van der Waals surface area contributed by atoms with Crippen LogP contribution in [0.5, 0.6) is 0 Å². The quantitative estimate of drug-likeness (QED) is 0.553. The highest BCUT2D eigenvalue weighted by molar-refractivity contribution is 5.85. The molecule has 11 atom stereocenters. The average Bonchev–Trinajstić information content (AvgIpc) is 2.86. The van der Waals surface area contributed by atoms with Gasteiger partial charge in [0.15, 0.2) is 17.0 Å². The molecule has 0 aliphatic carbocycles. The van der Waals surface area contributed by atoms with Crippen molar-refractivity contribution >= 4 is 5.78 Å². The fraction of sp³-hybridized carbons (Fsp3) is 0.786. The Morgan fingerprint density at radius 2 is 1.58 bits per heavy atom. The Morgan fingerprint density at radius 1 is 1.00 bits per heavy atom. The van der Waals surface area contributed by atoms with Crippen LogP contribution in [0.4, 0.5) is 0 Å². The number of rotatable bonds is 5. The summed E-state index contributed by atoms with van der Waals surface area (Å²) in [6.07, 6.45) is -1.95. The van der Waals surface area contributed by atoms with Crippen LogP contribution >= 0.6 is 0 Å². The summed E-state index contributed by atoms with van der Waals surface area (Å²) < 4.78 is 19.1. The number of aryl methyl sites for hydroxylation is 1. The standard InChI is InChI=1S/C28H44O8/c1-11-21(29)13(3)25-15(5)23(31)17(7)28(35-25)18(8)24(32)16(6)27(33,36-28)19(9)26-14(4)22(30)12(2)20(10)34-26/h13,15-19,21,24-25,29,32-33H,11H2,1-10H3/t13-,15-,16-,17-,18+,19?,21?,24+,25+,27-,28-/m1/s1. The summed E-state index contributed by atoms with van der Waals surface area (Å²) in [5.41, 5.74) is 0.676. The fourth-order valence-corrected chi connectivity index (χ4v) is 6.25. The van der Waals surface area contributed by atoms with Gasteiger partial charge in [0.05, 0.1) is 30.1 Å². The Kier molecular flexibility index (Phi) is 8.01. The van der Waals surface area contributed by atoms with E-state index in [2.05, 4.69) is 0 Å². The zero-order valence-corrected chi connectivity index (χ0v) is 23.3. The van der Waals surface area contributed by atoms with Crippen LogP contribution in [0.15, 0.2) is 9.21 Å². The van der Waals surface area contributed by atoms with E-state index in [9.17, 15) is 24.9 Å². The third-order valence-electron chi connectivity index (χ3n) is 9.33. The molecule has 2 unspecified atom stereocenters. The van der Waals surface area contributed by atoms with Gasteiger partial charge in [-0.3, -0.25) is 9.59 Å². The number of hydrogen-bond acceptors (Lipinski definition) is 8. The van der Waals surface area contributed by atoms with Crippen LogP contribution < -0.4 is 5.43 Å². The van der Waals surface area contributed by atoms with Crippen molar-refractivity contribution < 1.29 is 34.0 Å². The van der Waals surface area contributed by atoms with Crippen molar-refractivity contribution in [2.24, 2.45) is 29.6 Å². The van der Waals surface area contributed by atoms with Crippen LogP contribution in [-0.2, 0) is 14.3 Å². The van der Waals surface area contributed by atoms with Crippen molar-refractivity contribution in [2.75, 3.05) is 0 Å². The van der Waals surface area contributed by atoms with Crippen molar-refractivity contribution in [3.05, 3.63) is 32.9 Å². The molecule has 3 rings (SSSR count). The van der Waals surface area contributed by atoms with Gasteiger partial charge in [0.25, 0.3) is 0 Å². The van der Waals surface area contributed by atoms with E-state index in [1.807, 2.05) is 13.8 Å². The Labute approximate surface area is 214 Å². The number of aliphatic hydroxyl groups is 3. The van der Waals surface area contributed by atoms with Crippen molar-refractivity contribution in [1.29, 1.82) is 0 Å². The Balaban J connectivity index is 2.15. The number of ketones is 1. The van der Waals surface area contributed by atoms with Crippen LogP contribution in [0.1, 0.15) is 83.5 Å². The summed E-state index contributed by atoms with van der Waals surface area (Å²) in [5.74, 6) is -7.04. The Morgan fingerprint density at radius 3 is 2.14 bits per heavy atom. The van der Waals surface area contributed by atoms with Crippen molar-refractivity contribution in [3.8, 4) is 0 Å². The number of ether oxygens (including phenoxy) is 2. The van der Waals surface area contributed by atoms with Crippen molar-refractivity contribution in [1.82, 2.24) is 0 Å². The molecule has 2 aliphatic rings. The van der Waals surface area contributed by atoms with E-state index >= 15 is 0 Å². The number of aliphatic hydroxyl groups excluding tert-OH is 2. The van der Waals surface area contributed by atoms with E-state index in [0.717, 1.165) is 0 Å². The van der Waals surface area contributed by atoms with Gasteiger partial charge < -0.3 is 29.2 Å². The minimum atomic E-state index is -2.01. The minimum absolute atomic E-state index is 0.112. The first-order chi connectivity index (χ1) is 16.6. The second kappa shape index (κ2) is 9.95. The van der Waals surface area contributed by atoms with Crippen LogP contribution in [-0.4, -0.2) is 51.0 Å². The molecule has 2 fully saturated rings. The smallest absolute Gasteiger partial charge is 0.191 e. The van der Waals surface area contributed by atoms with E-state index in [-0.39, 0.29) is 22.9 Å². The fourth-order valence-electron chi connectivity index (χ4n) is 6.25.